The van der Waals surface area contributed by atoms with Crippen molar-refractivity contribution in [2.45, 2.75) is 11.7 Å². The van der Waals surface area contributed by atoms with Gasteiger partial charge in [-0.25, -0.2) is 9.18 Å². The number of halogens is 1. The Hall–Kier alpha value is -3.53. The number of amides is 1. The van der Waals surface area contributed by atoms with Gasteiger partial charge in [-0.1, -0.05) is 30.0 Å². The Balaban J connectivity index is 1.63. The minimum atomic E-state index is -1.08. The maximum Gasteiger partial charge on any atom is 0.343 e. The molecule has 3 rings (SSSR count). The van der Waals surface area contributed by atoms with Gasteiger partial charge in [0, 0.05) is 0 Å². The van der Waals surface area contributed by atoms with Gasteiger partial charge in [-0.3, -0.25) is 9.59 Å². The quantitative estimate of drug-likeness (QED) is 0.324. The lowest BCUT2D eigenvalue weighted by Crippen LogP contribution is -2.26. The van der Waals surface area contributed by atoms with Gasteiger partial charge in [0.25, 0.3) is 0 Å². The van der Waals surface area contributed by atoms with Gasteiger partial charge in [-0.2, -0.15) is 5.10 Å². The van der Waals surface area contributed by atoms with E-state index in [1.807, 2.05) is 0 Å². The molecule has 1 unspecified atom stereocenters. The first-order valence-electron chi connectivity index (χ1n) is 8.29. The van der Waals surface area contributed by atoms with Crippen LogP contribution in [0.25, 0.3) is 0 Å². The van der Waals surface area contributed by atoms with Crippen LogP contribution in [0.2, 0.25) is 0 Å². The molecule has 0 aliphatic carbocycles. The predicted octanol–water partition coefficient (Wildman–Crippen LogP) is 2.44. The van der Waals surface area contributed by atoms with E-state index in [1.54, 1.807) is 18.2 Å². The van der Waals surface area contributed by atoms with Crippen LogP contribution in [0.15, 0.2) is 58.7 Å². The molecule has 0 bridgehead atoms. The van der Waals surface area contributed by atoms with Gasteiger partial charge < -0.3 is 15.2 Å². The summed E-state index contributed by atoms with van der Waals surface area (Å²) in [6.45, 7) is 0. The number of amidine groups is 1. The molecular formula is C19H14FN3O5S. The van der Waals surface area contributed by atoms with E-state index in [0.29, 0.717) is 5.56 Å². The summed E-state index contributed by atoms with van der Waals surface area (Å²) in [6, 6.07) is 11.6. The molecule has 0 radical (unpaired) electrons. The molecule has 2 aromatic rings. The normalized spacial score (nSPS) is 17.5. The monoisotopic (exact) mass is 415 g/mol. The first-order valence-corrected chi connectivity index (χ1v) is 9.17. The third-order valence-corrected chi connectivity index (χ3v) is 4.69. The Labute approximate surface area is 168 Å². The number of esters is 1. The summed E-state index contributed by atoms with van der Waals surface area (Å²) in [5.41, 5.74) is 0.649. The molecule has 2 N–H and O–H groups in total. The lowest BCUT2D eigenvalue weighted by atomic mass is 10.2. The van der Waals surface area contributed by atoms with Crippen molar-refractivity contribution in [1.82, 2.24) is 5.32 Å². The van der Waals surface area contributed by atoms with Crippen molar-refractivity contribution in [2.24, 2.45) is 10.2 Å². The van der Waals surface area contributed by atoms with Crippen LogP contribution in [0, 0.1) is 5.82 Å². The fourth-order valence-corrected chi connectivity index (χ4v) is 3.25. The van der Waals surface area contributed by atoms with Crippen LogP contribution in [0.3, 0.4) is 0 Å². The van der Waals surface area contributed by atoms with Crippen LogP contribution in [0.5, 0.6) is 5.75 Å². The lowest BCUT2D eigenvalue weighted by Gasteiger charge is -2.05. The number of nitrogens with zero attached hydrogens (tertiary/aromatic N) is 2. The molecular weight excluding hydrogens is 401 g/mol. The maximum atomic E-state index is 13.2. The zero-order chi connectivity index (χ0) is 20.8. The highest BCUT2D eigenvalue weighted by molar-refractivity contribution is 8.15. The Morgan fingerprint density at radius 2 is 2.03 bits per heavy atom. The highest BCUT2D eigenvalue weighted by Crippen LogP contribution is 2.22. The number of ether oxygens (including phenoxy) is 1. The van der Waals surface area contributed by atoms with E-state index in [1.165, 1.54) is 30.5 Å². The number of thioether (sulfide) groups is 1. The standard InChI is InChI=1S/C19H14FN3O5S/c20-13-5-2-4-12(8-13)18(27)28-14-6-1-3-11(7-14)10-21-23-19-22-17(26)15(29-19)9-16(24)25/h1-8,10,15H,9H2,(H,24,25)(H,22,23,26)/b21-10+. The number of carbonyl (C=O) groups excluding carboxylic acids is 2. The lowest BCUT2D eigenvalue weighted by molar-refractivity contribution is -0.138. The van der Waals surface area contributed by atoms with Gasteiger partial charge >= 0.3 is 11.9 Å². The van der Waals surface area contributed by atoms with Crippen molar-refractivity contribution >= 4 is 41.0 Å². The highest BCUT2D eigenvalue weighted by Gasteiger charge is 2.32. The van der Waals surface area contributed by atoms with Crippen LogP contribution in [0.4, 0.5) is 4.39 Å². The number of carboxylic acids is 1. The summed E-state index contributed by atoms with van der Waals surface area (Å²) in [4.78, 5) is 34.4. The van der Waals surface area contributed by atoms with Gasteiger partial charge in [-0.05, 0) is 35.9 Å². The first-order chi connectivity index (χ1) is 13.9. The van der Waals surface area contributed by atoms with E-state index in [2.05, 4.69) is 15.5 Å². The van der Waals surface area contributed by atoms with Crippen molar-refractivity contribution in [3.63, 3.8) is 0 Å². The van der Waals surface area contributed by atoms with Crippen LogP contribution in [-0.2, 0) is 9.59 Å². The minimum absolute atomic E-state index is 0.0837. The third kappa shape index (κ3) is 5.72. The molecule has 1 saturated heterocycles. The van der Waals surface area contributed by atoms with Gasteiger partial charge in [-0.15, -0.1) is 5.10 Å². The molecule has 148 valence electrons. The summed E-state index contributed by atoms with van der Waals surface area (Å²) in [5.74, 6) is -2.51. The molecule has 1 atom stereocenters. The zero-order valence-corrected chi connectivity index (χ0v) is 15.6. The number of carboxylic acid groups (broad SMARTS) is 1. The van der Waals surface area contributed by atoms with E-state index in [9.17, 15) is 18.8 Å². The number of carbonyl (C=O) groups is 3. The van der Waals surface area contributed by atoms with Crippen LogP contribution in [0.1, 0.15) is 22.3 Å². The van der Waals surface area contributed by atoms with E-state index >= 15 is 0 Å². The van der Waals surface area contributed by atoms with E-state index in [0.717, 1.165) is 17.8 Å². The first kappa shape index (κ1) is 20.2. The van der Waals surface area contributed by atoms with Crippen molar-refractivity contribution < 1.29 is 28.6 Å². The number of aliphatic carboxylic acids is 1. The Kier molecular flexibility index (Phi) is 6.35. The molecule has 2 aromatic carbocycles. The number of hydrogen-bond donors (Lipinski definition) is 2. The SMILES string of the molecule is O=C(O)CC1S/C(=N/N=C/c2cccc(OC(=O)c3cccc(F)c3)c2)NC1=O. The molecule has 10 heteroatoms. The smallest absolute Gasteiger partial charge is 0.343 e. The summed E-state index contributed by atoms with van der Waals surface area (Å²) >= 11 is 0.987. The van der Waals surface area contributed by atoms with Gasteiger partial charge in [0.2, 0.25) is 5.91 Å². The van der Waals surface area contributed by atoms with Gasteiger partial charge in [0.15, 0.2) is 5.17 Å². The molecule has 0 aromatic heterocycles. The number of hydrogen-bond acceptors (Lipinski definition) is 7. The Bertz CT molecular complexity index is 1020. The Morgan fingerprint density at radius 3 is 2.79 bits per heavy atom. The molecule has 0 spiro atoms. The third-order valence-electron chi connectivity index (χ3n) is 3.62. The fraction of sp³-hybridized carbons (Fsp3) is 0.105. The fourth-order valence-electron chi connectivity index (χ4n) is 2.33. The second kappa shape index (κ2) is 9.11. The number of nitrogens with one attached hydrogen (secondary N) is 1. The van der Waals surface area contributed by atoms with E-state index in [4.69, 9.17) is 9.84 Å². The van der Waals surface area contributed by atoms with E-state index in [-0.39, 0.29) is 22.9 Å². The maximum absolute atomic E-state index is 13.2. The molecule has 1 heterocycles. The van der Waals surface area contributed by atoms with Crippen molar-refractivity contribution in [1.29, 1.82) is 0 Å². The minimum Gasteiger partial charge on any atom is -0.481 e. The molecule has 8 nitrogen and oxygen atoms in total. The second-order valence-corrected chi connectivity index (χ2v) is 7.01. The van der Waals surface area contributed by atoms with Crippen LogP contribution in [-0.4, -0.2) is 39.6 Å². The summed E-state index contributed by atoms with van der Waals surface area (Å²) in [5, 5.41) is 18.4. The molecule has 1 aliphatic heterocycles. The van der Waals surface area contributed by atoms with Crippen molar-refractivity contribution in [2.75, 3.05) is 0 Å². The molecule has 1 amide bonds. The van der Waals surface area contributed by atoms with Crippen molar-refractivity contribution in [3.8, 4) is 5.75 Å². The van der Waals surface area contributed by atoms with Gasteiger partial charge in [0.1, 0.15) is 16.8 Å². The highest BCUT2D eigenvalue weighted by atomic mass is 32.2. The average Bonchev–Trinajstić information content (AvgIpc) is 3.00. The number of benzene rings is 2. The molecule has 1 aliphatic rings. The molecule has 1 fully saturated rings. The van der Waals surface area contributed by atoms with Crippen LogP contribution >= 0.6 is 11.8 Å². The average molecular weight is 415 g/mol. The second-order valence-electron chi connectivity index (χ2n) is 5.82. The largest absolute Gasteiger partial charge is 0.481 e. The summed E-state index contributed by atoms with van der Waals surface area (Å²) < 4.78 is 18.4. The zero-order valence-electron chi connectivity index (χ0n) is 14.7. The topological polar surface area (TPSA) is 117 Å². The van der Waals surface area contributed by atoms with E-state index < -0.39 is 28.9 Å². The molecule has 29 heavy (non-hydrogen) atoms. The Morgan fingerprint density at radius 1 is 1.24 bits per heavy atom. The predicted molar refractivity (Wildman–Crippen MR) is 105 cm³/mol. The van der Waals surface area contributed by atoms with Crippen molar-refractivity contribution in [3.05, 3.63) is 65.5 Å². The summed E-state index contributed by atoms with van der Waals surface area (Å²) in [7, 11) is 0. The van der Waals surface area contributed by atoms with Gasteiger partial charge in [0.05, 0.1) is 18.2 Å². The number of rotatable bonds is 6. The molecule has 0 saturated carbocycles. The van der Waals surface area contributed by atoms with Crippen LogP contribution < -0.4 is 10.1 Å². The summed E-state index contributed by atoms with van der Waals surface area (Å²) in [6.07, 6.45) is 1.07.